The lowest BCUT2D eigenvalue weighted by molar-refractivity contribution is -0.123. The van der Waals surface area contributed by atoms with Crippen molar-refractivity contribution in [2.24, 2.45) is 10.9 Å². The average molecular weight is 295 g/mol. The van der Waals surface area contributed by atoms with Crippen molar-refractivity contribution in [1.29, 1.82) is 0 Å². The van der Waals surface area contributed by atoms with E-state index in [4.69, 9.17) is 20.4 Å². The Labute approximate surface area is 123 Å². The van der Waals surface area contributed by atoms with Crippen LogP contribution in [-0.4, -0.2) is 43.3 Å². The number of benzene rings is 1. The lowest BCUT2D eigenvalue weighted by Gasteiger charge is -2.13. The number of nitrogens with zero attached hydrogens (tertiary/aromatic N) is 1. The van der Waals surface area contributed by atoms with E-state index in [1.807, 2.05) is 6.92 Å². The first-order chi connectivity index (χ1) is 10.1. The third kappa shape index (κ3) is 6.13. The minimum absolute atomic E-state index is 0.0197. The number of hydrogen-bond donors (Lipinski definition) is 3. The van der Waals surface area contributed by atoms with Crippen LogP contribution in [0.15, 0.2) is 29.4 Å². The summed E-state index contributed by atoms with van der Waals surface area (Å²) in [5.41, 5.74) is 6.02. The van der Waals surface area contributed by atoms with Crippen molar-refractivity contribution in [3.05, 3.63) is 29.8 Å². The first-order valence-electron chi connectivity index (χ1n) is 6.56. The van der Waals surface area contributed by atoms with E-state index in [0.717, 1.165) is 6.42 Å². The monoisotopic (exact) mass is 295 g/mol. The highest BCUT2D eigenvalue weighted by Gasteiger charge is 2.08. The van der Waals surface area contributed by atoms with E-state index in [1.165, 1.54) is 0 Å². The van der Waals surface area contributed by atoms with E-state index in [0.29, 0.717) is 17.9 Å². The van der Waals surface area contributed by atoms with Crippen LogP contribution in [0.25, 0.3) is 0 Å². The van der Waals surface area contributed by atoms with Crippen LogP contribution < -0.4 is 15.8 Å². The maximum Gasteiger partial charge on any atom is 0.258 e. The Kier molecular flexibility index (Phi) is 7.03. The molecule has 0 spiro atoms. The number of nitrogens with one attached hydrogen (secondary N) is 1. The molecule has 0 heterocycles. The van der Waals surface area contributed by atoms with E-state index in [-0.39, 0.29) is 24.4 Å². The Morgan fingerprint density at radius 2 is 2.10 bits per heavy atom. The highest BCUT2D eigenvalue weighted by molar-refractivity contribution is 5.97. The Bertz CT molecular complexity index is 474. The molecule has 0 aliphatic rings. The van der Waals surface area contributed by atoms with Gasteiger partial charge in [0.25, 0.3) is 5.91 Å². The largest absolute Gasteiger partial charge is 0.484 e. The number of hydrogen-bond acceptors (Lipinski definition) is 5. The molecule has 1 aromatic carbocycles. The molecule has 1 amide bonds. The fraction of sp³-hybridized carbons (Fsp3) is 0.429. The van der Waals surface area contributed by atoms with Crippen molar-refractivity contribution < 1.29 is 19.5 Å². The summed E-state index contributed by atoms with van der Waals surface area (Å²) < 4.78 is 10.3. The second-order valence-corrected chi connectivity index (χ2v) is 4.55. The van der Waals surface area contributed by atoms with Crippen LogP contribution in [-0.2, 0) is 9.53 Å². The molecule has 1 atom stereocenters. The molecule has 0 radical (unpaired) electrons. The average Bonchev–Trinajstić information content (AvgIpc) is 2.50. The molecule has 1 aromatic rings. The van der Waals surface area contributed by atoms with Gasteiger partial charge in [-0.15, -0.1) is 0 Å². The number of carbonyl (C=O) groups is 1. The summed E-state index contributed by atoms with van der Waals surface area (Å²) in [6, 6.07) is 6.61. The summed E-state index contributed by atoms with van der Waals surface area (Å²) in [7, 11) is 1.62. The van der Waals surface area contributed by atoms with Gasteiger partial charge in [0.2, 0.25) is 0 Å². The summed E-state index contributed by atoms with van der Waals surface area (Å²) in [4.78, 5) is 11.7. The second-order valence-electron chi connectivity index (χ2n) is 4.55. The summed E-state index contributed by atoms with van der Waals surface area (Å²) in [5.74, 6) is 0.356. The maximum atomic E-state index is 11.7. The van der Waals surface area contributed by atoms with Crippen molar-refractivity contribution in [3.63, 3.8) is 0 Å². The molecular formula is C14H21N3O4. The van der Waals surface area contributed by atoms with Crippen molar-refractivity contribution in [3.8, 4) is 5.75 Å². The van der Waals surface area contributed by atoms with Gasteiger partial charge in [-0.05, 0) is 37.6 Å². The zero-order chi connectivity index (χ0) is 15.7. The standard InChI is InChI=1S/C14H21N3O4/c1-10(7-8-20-2)16-13(18)9-21-12-5-3-11(4-6-12)14(15)17-19/h3-6,10,19H,7-9H2,1-2H3,(H2,15,17)(H,16,18). The molecule has 1 rings (SSSR count). The summed E-state index contributed by atoms with van der Waals surface area (Å²) >= 11 is 0. The van der Waals surface area contributed by atoms with Gasteiger partial charge in [-0.25, -0.2) is 0 Å². The third-order valence-corrected chi connectivity index (χ3v) is 2.79. The zero-order valence-corrected chi connectivity index (χ0v) is 12.2. The SMILES string of the molecule is COCCC(C)NC(=O)COc1ccc(C(N)=NO)cc1. The highest BCUT2D eigenvalue weighted by atomic mass is 16.5. The fourth-order valence-electron chi connectivity index (χ4n) is 1.61. The van der Waals surface area contributed by atoms with E-state index < -0.39 is 0 Å². The van der Waals surface area contributed by atoms with Gasteiger partial charge < -0.3 is 25.7 Å². The number of amidine groups is 1. The highest BCUT2D eigenvalue weighted by Crippen LogP contribution is 2.11. The van der Waals surface area contributed by atoms with Crippen LogP contribution >= 0.6 is 0 Å². The topological polar surface area (TPSA) is 106 Å². The minimum Gasteiger partial charge on any atom is -0.484 e. The van der Waals surface area contributed by atoms with Crippen LogP contribution in [0.5, 0.6) is 5.75 Å². The number of oxime groups is 1. The van der Waals surface area contributed by atoms with Gasteiger partial charge in [0.15, 0.2) is 12.4 Å². The first kappa shape index (κ1) is 16.8. The van der Waals surface area contributed by atoms with Gasteiger partial charge in [-0.1, -0.05) is 5.16 Å². The predicted molar refractivity (Wildman–Crippen MR) is 78.5 cm³/mol. The van der Waals surface area contributed by atoms with Crippen LogP contribution in [0.4, 0.5) is 0 Å². The number of ether oxygens (including phenoxy) is 2. The quantitative estimate of drug-likeness (QED) is 0.283. The number of amides is 1. The Balaban J connectivity index is 2.39. The third-order valence-electron chi connectivity index (χ3n) is 2.79. The molecule has 0 aliphatic carbocycles. The summed E-state index contributed by atoms with van der Waals surface area (Å²) in [6.07, 6.45) is 0.747. The van der Waals surface area contributed by atoms with Gasteiger partial charge >= 0.3 is 0 Å². The Morgan fingerprint density at radius 1 is 1.43 bits per heavy atom. The molecule has 7 nitrogen and oxygen atoms in total. The second kappa shape index (κ2) is 8.80. The lowest BCUT2D eigenvalue weighted by atomic mass is 10.2. The van der Waals surface area contributed by atoms with E-state index in [1.54, 1.807) is 31.4 Å². The number of rotatable bonds is 8. The van der Waals surface area contributed by atoms with Crippen molar-refractivity contribution in [1.82, 2.24) is 5.32 Å². The molecule has 0 aromatic heterocycles. The molecule has 21 heavy (non-hydrogen) atoms. The van der Waals surface area contributed by atoms with Gasteiger partial charge in [-0.3, -0.25) is 4.79 Å². The van der Waals surface area contributed by atoms with E-state index in [9.17, 15) is 4.79 Å². The molecule has 1 unspecified atom stereocenters. The zero-order valence-electron chi connectivity index (χ0n) is 12.2. The van der Waals surface area contributed by atoms with Crippen molar-refractivity contribution in [2.45, 2.75) is 19.4 Å². The lowest BCUT2D eigenvalue weighted by Crippen LogP contribution is -2.36. The van der Waals surface area contributed by atoms with Crippen LogP contribution in [0.3, 0.4) is 0 Å². The van der Waals surface area contributed by atoms with Gasteiger partial charge in [0.05, 0.1) is 0 Å². The van der Waals surface area contributed by atoms with Gasteiger partial charge in [0.1, 0.15) is 5.75 Å². The molecule has 0 fully saturated rings. The smallest absolute Gasteiger partial charge is 0.258 e. The van der Waals surface area contributed by atoms with Crippen molar-refractivity contribution >= 4 is 11.7 Å². The Hall–Kier alpha value is -2.28. The predicted octanol–water partition coefficient (Wildman–Crippen LogP) is 0.701. The molecule has 7 heteroatoms. The normalized spacial score (nSPS) is 12.8. The summed E-state index contributed by atoms with van der Waals surface area (Å²) in [6.45, 7) is 2.43. The maximum absolute atomic E-state index is 11.7. The fourth-order valence-corrected chi connectivity index (χ4v) is 1.61. The van der Waals surface area contributed by atoms with Gasteiger partial charge in [-0.2, -0.15) is 0 Å². The molecule has 4 N–H and O–H groups in total. The molecular weight excluding hydrogens is 274 g/mol. The molecule has 0 saturated carbocycles. The van der Waals surface area contributed by atoms with E-state index in [2.05, 4.69) is 10.5 Å². The van der Waals surface area contributed by atoms with Gasteiger partial charge in [0, 0.05) is 25.3 Å². The summed E-state index contributed by atoms with van der Waals surface area (Å²) in [5, 5.41) is 14.3. The van der Waals surface area contributed by atoms with Crippen LogP contribution in [0, 0.1) is 0 Å². The van der Waals surface area contributed by atoms with Crippen LogP contribution in [0.2, 0.25) is 0 Å². The van der Waals surface area contributed by atoms with Crippen LogP contribution in [0.1, 0.15) is 18.9 Å². The molecule has 0 bridgehead atoms. The molecule has 0 aliphatic heterocycles. The first-order valence-corrected chi connectivity index (χ1v) is 6.56. The molecule has 116 valence electrons. The van der Waals surface area contributed by atoms with E-state index >= 15 is 0 Å². The van der Waals surface area contributed by atoms with Crippen molar-refractivity contribution in [2.75, 3.05) is 20.3 Å². The number of nitrogens with two attached hydrogens (primary N) is 1. The minimum atomic E-state index is -0.195. The number of carbonyl (C=O) groups excluding carboxylic acids is 1. The molecule has 0 saturated heterocycles. The number of methoxy groups -OCH3 is 1. The Morgan fingerprint density at radius 3 is 2.67 bits per heavy atom.